The molecule has 1 unspecified atom stereocenters. The fourth-order valence-electron chi connectivity index (χ4n) is 3.68. The summed E-state index contributed by atoms with van der Waals surface area (Å²) in [5.41, 5.74) is 3.79. The summed E-state index contributed by atoms with van der Waals surface area (Å²) in [7, 11) is 1.55. The zero-order valence-electron chi connectivity index (χ0n) is 18.7. The van der Waals surface area contributed by atoms with E-state index in [0.29, 0.717) is 33.4 Å². The molecule has 6 heteroatoms. The largest absolute Gasteiger partial charge is 0.455 e. The number of furan rings is 1. The molecule has 4 rings (SSSR count). The highest BCUT2D eigenvalue weighted by Gasteiger charge is 2.22. The van der Waals surface area contributed by atoms with Gasteiger partial charge in [-0.2, -0.15) is 0 Å². The quantitative estimate of drug-likeness (QED) is 0.395. The third kappa shape index (κ3) is 4.51. The fourth-order valence-corrected chi connectivity index (χ4v) is 3.68. The van der Waals surface area contributed by atoms with Crippen molar-refractivity contribution in [2.24, 2.45) is 0 Å². The van der Waals surface area contributed by atoms with Crippen LogP contribution in [0.5, 0.6) is 0 Å². The summed E-state index contributed by atoms with van der Waals surface area (Å²) in [6.07, 6.45) is 0.848. The van der Waals surface area contributed by atoms with Crippen LogP contribution in [-0.4, -0.2) is 24.9 Å². The van der Waals surface area contributed by atoms with Crippen LogP contribution in [0.15, 0.2) is 71.1 Å². The number of carbonyl (C=O) groups is 2. The van der Waals surface area contributed by atoms with Crippen molar-refractivity contribution >= 4 is 22.8 Å². The van der Waals surface area contributed by atoms with Crippen molar-refractivity contribution in [2.45, 2.75) is 26.3 Å². The standard InChI is InChI=1S/C27H25FN2O3/c1-4-16(2)30-26(31)20-7-5-6-18(14-20)19-10-13-23-22(15-19)24(27(32)29-3)25(33-23)17-8-11-21(28)12-9-17/h5-16H,4H2,1-3H3,(H,29,32)(H,30,31). The van der Waals surface area contributed by atoms with Gasteiger partial charge in [0.15, 0.2) is 0 Å². The molecule has 33 heavy (non-hydrogen) atoms. The summed E-state index contributed by atoms with van der Waals surface area (Å²) < 4.78 is 19.4. The Bertz CT molecular complexity index is 1330. The van der Waals surface area contributed by atoms with Crippen molar-refractivity contribution in [3.05, 3.63) is 83.7 Å². The lowest BCUT2D eigenvalue weighted by molar-refractivity contribution is 0.0937. The van der Waals surface area contributed by atoms with Gasteiger partial charge in [0.05, 0.1) is 5.56 Å². The number of benzene rings is 3. The number of hydrogen-bond acceptors (Lipinski definition) is 3. The maximum absolute atomic E-state index is 13.4. The molecule has 0 bridgehead atoms. The minimum atomic E-state index is -0.365. The lowest BCUT2D eigenvalue weighted by Gasteiger charge is -2.12. The summed E-state index contributed by atoms with van der Waals surface area (Å²) in [5.74, 6) is -0.411. The monoisotopic (exact) mass is 444 g/mol. The second kappa shape index (κ2) is 9.28. The molecule has 0 saturated carbocycles. The highest BCUT2D eigenvalue weighted by Crippen LogP contribution is 2.36. The minimum Gasteiger partial charge on any atom is -0.455 e. The minimum absolute atomic E-state index is 0.0865. The number of fused-ring (bicyclic) bond motifs is 1. The van der Waals surface area contributed by atoms with Crippen LogP contribution in [0.3, 0.4) is 0 Å². The molecule has 0 aliphatic carbocycles. The predicted molar refractivity (Wildman–Crippen MR) is 128 cm³/mol. The van der Waals surface area contributed by atoms with Gasteiger partial charge in [-0.25, -0.2) is 4.39 Å². The Hall–Kier alpha value is -3.93. The van der Waals surface area contributed by atoms with E-state index in [9.17, 15) is 14.0 Å². The van der Waals surface area contributed by atoms with Gasteiger partial charge in [0, 0.05) is 29.6 Å². The van der Waals surface area contributed by atoms with Crippen LogP contribution in [0.25, 0.3) is 33.4 Å². The molecule has 0 aliphatic heterocycles. The molecule has 3 aromatic carbocycles. The first-order valence-electron chi connectivity index (χ1n) is 10.9. The first kappa shape index (κ1) is 22.3. The molecule has 0 aliphatic rings. The van der Waals surface area contributed by atoms with Crippen molar-refractivity contribution in [3.63, 3.8) is 0 Å². The van der Waals surface area contributed by atoms with Crippen LogP contribution >= 0.6 is 0 Å². The molecule has 0 saturated heterocycles. The van der Waals surface area contributed by atoms with Crippen molar-refractivity contribution in [3.8, 4) is 22.5 Å². The third-order valence-electron chi connectivity index (χ3n) is 5.70. The summed E-state index contributed by atoms with van der Waals surface area (Å²) in [5, 5.41) is 6.28. The zero-order chi connectivity index (χ0) is 23.5. The Labute approximate surface area is 191 Å². The zero-order valence-corrected chi connectivity index (χ0v) is 18.7. The molecule has 0 fully saturated rings. The molecule has 1 aromatic heterocycles. The van der Waals surface area contributed by atoms with E-state index in [-0.39, 0.29) is 23.7 Å². The van der Waals surface area contributed by atoms with Gasteiger partial charge in [-0.15, -0.1) is 0 Å². The van der Waals surface area contributed by atoms with Crippen LogP contribution in [0.4, 0.5) is 4.39 Å². The summed E-state index contributed by atoms with van der Waals surface area (Å²) in [6.45, 7) is 3.99. The number of carbonyl (C=O) groups excluding carboxylic acids is 2. The van der Waals surface area contributed by atoms with Crippen LogP contribution < -0.4 is 10.6 Å². The van der Waals surface area contributed by atoms with Crippen molar-refractivity contribution in [1.29, 1.82) is 0 Å². The molecule has 168 valence electrons. The van der Waals surface area contributed by atoms with Crippen molar-refractivity contribution in [1.82, 2.24) is 10.6 Å². The SMILES string of the molecule is CCC(C)NC(=O)c1cccc(-c2ccc3oc(-c4ccc(F)cc4)c(C(=O)NC)c3c2)c1. The first-order valence-corrected chi connectivity index (χ1v) is 10.9. The van der Waals surface area contributed by atoms with E-state index in [4.69, 9.17) is 4.42 Å². The summed E-state index contributed by atoms with van der Waals surface area (Å²) in [4.78, 5) is 25.3. The Morgan fingerprint density at radius 3 is 2.33 bits per heavy atom. The van der Waals surface area contributed by atoms with Crippen LogP contribution in [0, 0.1) is 5.82 Å². The van der Waals surface area contributed by atoms with Crippen LogP contribution in [0.2, 0.25) is 0 Å². The van der Waals surface area contributed by atoms with Gasteiger partial charge in [-0.3, -0.25) is 9.59 Å². The van der Waals surface area contributed by atoms with E-state index in [1.807, 2.05) is 44.2 Å². The van der Waals surface area contributed by atoms with Crippen LogP contribution in [-0.2, 0) is 0 Å². The first-order chi connectivity index (χ1) is 15.9. The predicted octanol–water partition coefficient (Wildman–Crippen LogP) is 5.79. The number of halogens is 1. The Morgan fingerprint density at radius 1 is 0.939 bits per heavy atom. The van der Waals surface area contributed by atoms with E-state index in [0.717, 1.165) is 17.5 Å². The van der Waals surface area contributed by atoms with Gasteiger partial charge in [-0.05, 0) is 73.0 Å². The Balaban J connectivity index is 1.80. The smallest absolute Gasteiger partial charge is 0.255 e. The van der Waals surface area contributed by atoms with Gasteiger partial charge < -0.3 is 15.1 Å². The second-order valence-corrected chi connectivity index (χ2v) is 7.97. The summed E-state index contributed by atoms with van der Waals surface area (Å²) >= 11 is 0. The van der Waals surface area contributed by atoms with Gasteiger partial charge in [0.25, 0.3) is 11.8 Å². The summed E-state index contributed by atoms with van der Waals surface area (Å²) in [6, 6.07) is 18.8. The average Bonchev–Trinajstić information content (AvgIpc) is 3.22. The number of rotatable bonds is 6. The lowest BCUT2D eigenvalue weighted by Crippen LogP contribution is -2.31. The number of hydrogen-bond donors (Lipinski definition) is 2. The molecule has 2 amide bonds. The molecule has 1 heterocycles. The molecule has 4 aromatic rings. The van der Waals surface area contributed by atoms with E-state index < -0.39 is 0 Å². The van der Waals surface area contributed by atoms with Gasteiger partial charge >= 0.3 is 0 Å². The van der Waals surface area contributed by atoms with E-state index in [1.165, 1.54) is 12.1 Å². The lowest BCUT2D eigenvalue weighted by atomic mass is 9.99. The molecule has 5 nitrogen and oxygen atoms in total. The van der Waals surface area contributed by atoms with Gasteiger partial charge in [0.2, 0.25) is 0 Å². The number of nitrogens with one attached hydrogen (secondary N) is 2. The van der Waals surface area contributed by atoms with Crippen molar-refractivity contribution in [2.75, 3.05) is 7.05 Å². The van der Waals surface area contributed by atoms with Gasteiger partial charge in [0.1, 0.15) is 17.2 Å². The molecule has 1 atom stereocenters. The third-order valence-corrected chi connectivity index (χ3v) is 5.70. The Kier molecular flexibility index (Phi) is 6.27. The normalized spacial score (nSPS) is 11.9. The molecule has 2 N–H and O–H groups in total. The van der Waals surface area contributed by atoms with Crippen LogP contribution in [0.1, 0.15) is 41.0 Å². The molecular formula is C27H25FN2O3. The molecule has 0 spiro atoms. The van der Waals surface area contributed by atoms with Gasteiger partial charge in [-0.1, -0.05) is 25.1 Å². The van der Waals surface area contributed by atoms with Crippen molar-refractivity contribution < 1.29 is 18.4 Å². The fraction of sp³-hybridized carbons (Fsp3) is 0.185. The average molecular weight is 445 g/mol. The molecular weight excluding hydrogens is 419 g/mol. The molecule has 0 radical (unpaired) electrons. The maximum Gasteiger partial charge on any atom is 0.255 e. The number of amides is 2. The van der Waals surface area contributed by atoms with E-state index in [2.05, 4.69) is 10.6 Å². The Morgan fingerprint density at radius 2 is 1.64 bits per heavy atom. The van der Waals surface area contributed by atoms with E-state index in [1.54, 1.807) is 31.3 Å². The second-order valence-electron chi connectivity index (χ2n) is 7.97. The van der Waals surface area contributed by atoms with E-state index >= 15 is 0 Å². The maximum atomic E-state index is 13.4. The topological polar surface area (TPSA) is 71.3 Å². The highest BCUT2D eigenvalue weighted by molar-refractivity contribution is 6.11. The highest BCUT2D eigenvalue weighted by atomic mass is 19.1.